The van der Waals surface area contributed by atoms with Crippen molar-refractivity contribution in [3.8, 4) is 28.4 Å². The Morgan fingerprint density at radius 1 is 0.970 bits per heavy atom. The highest BCUT2D eigenvalue weighted by atomic mass is 32.2. The van der Waals surface area contributed by atoms with Gasteiger partial charge in [0.2, 0.25) is 0 Å². The van der Waals surface area contributed by atoms with E-state index in [0.717, 1.165) is 39.3 Å². The fourth-order valence-electron chi connectivity index (χ4n) is 3.51. The number of ether oxygens (including phenoxy) is 1. The molecule has 0 atom stereocenters. The number of thioether (sulfide) groups is 1. The Balaban J connectivity index is 1.40. The molecule has 0 aliphatic rings. The lowest BCUT2D eigenvalue weighted by Crippen LogP contribution is -2.04. The van der Waals surface area contributed by atoms with Gasteiger partial charge in [-0.1, -0.05) is 59.4 Å². The third-order valence-corrected chi connectivity index (χ3v) is 6.09. The van der Waals surface area contributed by atoms with Crippen LogP contribution >= 0.6 is 11.8 Å². The summed E-state index contributed by atoms with van der Waals surface area (Å²) in [6, 6.07) is 23.8. The highest BCUT2D eigenvalue weighted by Crippen LogP contribution is 2.31. The summed E-state index contributed by atoms with van der Waals surface area (Å²) in [5.41, 5.74) is 3.73. The Morgan fingerprint density at radius 3 is 2.64 bits per heavy atom. The first-order valence-corrected chi connectivity index (χ1v) is 11.4. The standard InChI is InChI=1S/C25H21N5O2S/c1-31-23-12-6-5-11-21(23)22-14-20(32-29-22)17-33-25-28-27-24(19-10-7-13-26-15-19)30(25)16-18-8-3-2-4-9-18/h2-15H,16-17H2,1H3. The maximum atomic E-state index is 5.60. The Labute approximate surface area is 195 Å². The van der Waals surface area contributed by atoms with Crippen molar-refractivity contribution in [3.63, 3.8) is 0 Å². The van der Waals surface area contributed by atoms with E-state index in [0.29, 0.717) is 12.3 Å². The molecule has 8 heteroatoms. The molecule has 5 aromatic rings. The van der Waals surface area contributed by atoms with Crippen molar-refractivity contribution in [2.24, 2.45) is 0 Å². The maximum absolute atomic E-state index is 5.60. The third-order valence-electron chi connectivity index (χ3n) is 5.11. The molecule has 0 amide bonds. The van der Waals surface area contributed by atoms with Crippen LogP contribution in [0.3, 0.4) is 0 Å². The predicted octanol–water partition coefficient (Wildman–Crippen LogP) is 5.34. The van der Waals surface area contributed by atoms with Crippen LogP contribution in [0.2, 0.25) is 0 Å². The summed E-state index contributed by atoms with van der Waals surface area (Å²) < 4.78 is 13.1. The normalized spacial score (nSPS) is 10.9. The summed E-state index contributed by atoms with van der Waals surface area (Å²) in [6.07, 6.45) is 3.55. The van der Waals surface area contributed by atoms with Crippen LogP contribution in [0.5, 0.6) is 5.75 Å². The van der Waals surface area contributed by atoms with Crippen molar-refractivity contribution in [1.29, 1.82) is 0 Å². The van der Waals surface area contributed by atoms with Gasteiger partial charge in [0.25, 0.3) is 0 Å². The number of hydrogen-bond donors (Lipinski definition) is 0. The Kier molecular flexibility index (Phi) is 6.16. The molecule has 33 heavy (non-hydrogen) atoms. The number of rotatable bonds is 8. The van der Waals surface area contributed by atoms with Gasteiger partial charge in [-0.3, -0.25) is 9.55 Å². The van der Waals surface area contributed by atoms with E-state index in [1.165, 1.54) is 5.56 Å². The number of hydrogen-bond acceptors (Lipinski definition) is 7. The fraction of sp³-hybridized carbons (Fsp3) is 0.120. The van der Waals surface area contributed by atoms with E-state index < -0.39 is 0 Å². The summed E-state index contributed by atoms with van der Waals surface area (Å²) in [7, 11) is 1.65. The van der Waals surface area contributed by atoms with Gasteiger partial charge >= 0.3 is 0 Å². The SMILES string of the molecule is COc1ccccc1-c1cc(CSc2nnc(-c3cccnc3)n2Cc2ccccc2)on1. The number of aromatic nitrogens is 5. The van der Waals surface area contributed by atoms with E-state index in [9.17, 15) is 0 Å². The number of methoxy groups -OCH3 is 1. The highest BCUT2D eigenvalue weighted by molar-refractivity contribution is 7.98. The molecule has 0 radical (unpaired) electrons. The first-order chi connectivity index (χ1) is 16.3. The van der Waals surface area contributed by atoms with Gasteiger partial charge in [0.05, 0.1) is 19.4 Å². The van der Waals surface area contributed by atoms with Crippen LogP contribution in [0.1, 0.15) is 11.3 Å². The molecule has 0 aliphatic heterocycles. The van der Waals surface area contributed by atoms with Crippen molar-refractivity contribution >= 4 is 11.8 Å². The summed E-state index contributed by atoms with van der Waals surface area (Å²) >= 11 is 1.56. The predicted molar refractivity (Wildman–Crippen MR) is 127 cm³/mol. The molecule has 0 saturated heterocycles. The minimum Gasteiger partial charge on any atom is -0.496 e. The van der Waals surface area contributed by atoms with Gasteiger partial charge in [0.15, 0.2) is 11.0 Å². The fourth-order valence-corrected chi connectivity index (χ4v) is 4.33. The smallest absolute Gasteiger partial charge is 0.192 e. The monoisotopic (exact) mass is 455 g/mol. The van der Waals surface area contributed by atoms with Crippen molar-refractivity contribution in [1.82, 2.24) is 24.9 Å². The molecule has 5 rings (SSSR count). The molecule has 164 valence electrons. The van der Waals surface area contributed by atoms with E-state index in [1.54, 1.807) is 31.3 Å². The minimum absolute atomic E-state index is 0.572. The first-order valence-electron chi connectivity index (χ1n) is 10.4. The summed E-state index contributed by atoms with van der Waals surface area (Å²) in [5.74, 6) is 2.86. The molecule has 0 saturated carbocycles. The highest BCUT2D eigenvalue weighted by Gasteiger charge is 2.17. The lowest BCUT2D eigenvalue weighted by atomic mass is 10.1. The van der Waals surface area contributed by atoms with E-state index in [4.69, 9.17) is 9.26 Å². The quantitative estimate of drug-likeness (QED) is 0.292. The van der Waals surface area contributed by atoms with E-state index in [1.807, 2.05) is 60.7 Å². The second-order valence-electron chi connectivity index (χ2n) is 7.29. The molecule has 7 nitrogen and oxygen atoms in total. The second-order valence-corrected chi connectivity index (χ2v) is 8.23. The third kappa shape index (κ3) is 4.65. The Hall–Kier alpha value is -3.91. The minimum atomic E-state index is 0.572. The second kappa shape index (κ2) is 9.70. The van der Waals surface area contributed by atoms with Crippen LogP contribution in [-0.4, -0.2) is 32.0 Å². The van der Waals surface area contributed by atoms with Crippen LogP contribution in [0, 0.1) is 0 Å². The number of pyridine rings is 1. The summed E-state index contributed by atoms with van der Waals surface area (Å²) in [6.45, 7) is 0.656. The van der Waals surface area contributed by atoms with Crippen LogP contribution < -0.4 is 4.74 Å². The van der Waals surface area contributed by atoms with Gasteiger partial charge in [-0.15, -0.1) is 10.2 Å². The summed E-state index contributed by atoms with van der Waals surface area (Å²) in [5, 5.41) is 14.0. The first kappa shape index (κ1) is 21.0. The van der Waals surface area contributed by atoms with E-state index >= 15 is 0 Å². The molecule has 0 bridgehead atoms. The van der Waals surface area contributed by atoms with Gasteiger partial charge in [0.1, 0.15) is 17.2 Å². The van der Waals surface area contributed by atoms with Gasteiger partial charge in [-0.05, 0) is 29.8 Å². The molecule has 0 N–H and O–H groups in total. The molecule has 3 heterocycles. The zero-order valence-electron chi connectivity index (χ0n) is 18.0. The molecule has 0 spiro atoms. The average molecular weight is 456 g/mol. The van der Waals surface area contributed by atoms with Crippen LogP contribution in [0.4, 0.5) is 0 Å². The van der Waals surface area contributed by atoms with Crippen LogP contribution in [0.15, 0.2) is 94.9 Å². The lowest BCUT2D eigenvalue weighted by molar-refractivity contribution is 0.395. The molecule has 3 aromatic heterocycles. The van der Waals surface area contributed by atoms with Crippen molar-refractivity contribution < 1.29 is 9.26 Å². The topological polar surface area (TPSA) is 78.9 Å². The molecule has 0 aliphatic carbocycles. The number of nitrogens with zero attached hydrogens (tertiary/aromatic N) is 5. The van der Waals surface area contributed by atoms with E-state index in [2.05, 4.69) is 37.0 Å². The van der Waals surface area contributed by atoms with Gasteiger partial charge in [-0.25, -0.2) is 0 Å². The maximum Gasteiger partial charge on any atom is 0.192 e. The average Bonchev–Trinajstić information content (AvgIpc) is 3.51. The lowest BCUT2D eigenvalue weighted by Gasteiger charge is -2.10. The summed E-state index contributed by atoms with van der Waals surface area (Å²) in [4.78, 5) is 4.24. The van der Waals surface area contributed by atoms with Crippen molar-refractivity contribution in [3.05, 3.63) is 96.5 Å². The molecular formula is C25H21N5O2S. The van der Waals surface area contributed by atoms with E-state index in [-0.39, 0.29) is 0 Å². The Bertz CT molecular complexity index is 1340. The molecule has 0 fully saturated rings. The largest absolute Gasteiger partial charge is 0.496 e. The number of benzene rings is 2. The van der Waals surface area contributed by atoms with Gasteiger partial charge in [-0.2, -0.15) is 0 Å². The number of para-hydroxylation sites is 1. The van der Waals surface area contributed by atoms with Crippen LogP contribution in [0.25, 0.3) is 22.6 Å². The molecule has 2 aromatic carbocycles. The Morgan fingerprint density at radius 2 is 1.82 bits per heavy atom. The zero-order valence-corrected chi connectivity index (χ0v) is 18.8. The zero-order chi connectivity index (χ0) is 22.5. The molecule has 0 unspecified atom stereocenters. The molecular weight excluding hydrogens is 434 g/mol. The van der Waals surface area contributed by atoms with Crippen molar-refractivity contribution in [2.45, 2.75) is 17.5 Å². The van der Waals surface area contributed by atoms with Crippen LogP contribution in [-0.2, 0) is 12.3 Å². The van der Waals surface area contributed by atoms with Gasteiger partial charge < -0.3 is 9.26 Å². The van der Waals surface area contributed by atoms with Crippen molar-refractivity contribution in [2.75, 3.05) is 7.11 Å². The van der Waals surface area contributed by atoms with Gasteiger partial charge in [0, 0.05) is 29.6 Å².